The summed E-state index contributed by atoms with van der Waals surface area (Å²) in [4.78, 5) is 4.60. The molecule has 0 amide bonds. The number of rotatable bonds is 5. The molecule has 1 aromatic rings. The summed E-state index contributed by atoms with van der Waals surface area (Å²) in [5, 5.41) is 6.58. The van der Waals surface area contributed by atoms with E-state index in [9.17, 15) is 0 Å². The van der Waals surface area contributed by atoms with E-state index in [1.807, 2.05) is 24.3 Å². The van der Waals surface area contributed by atoms with Gasteiger partial charge in [0.25, 0.3) is 0 Å². The zero-order valence-corrected chi connectivity index (χ0v) is 16.3. The van der Waals surface area contributed by atoms with E-state index in [1.54, 1.807) is 0 Å². The first kappa shape index (κ1) is 19.1. The van der Waals surface area contributed by atoms with Crippen molar-refractivity contribution in [2.45, 2.75) is 32.0 Å². The highest BCUT2D eigenvalue weighted by Crippen LogP contribution is 2.30. The van der Waals surface area contributed by atoms with Crippen LogP contribution in [0.25, 0.3) is 0 Å². The number of halogens is 1. The van der Waals surface area contributed by atoms with E-state index in [4.69, 9.17) is 14.2 Å². The smallest absolute Gasteiger partial charge is 0.191 e. The first-order valence-electron chi connectivity index (χ1n) is 8.37. The fraction of sp³-hybridized carbons (Fsp3) is 0.588. The van der Waals surface area contributed by atoms with Crippen LogP contribution in [0.5, 0.6) is 11.5 Å². The molecule has 2 aliphatic heterocycles. The van der Waals surface area contributed by atoms with Gasteiger partial charge in [0.15, 0.2) is 17.5 Å². The van der Waals surface area contributed by atoms with Gasteiger partial charge in [0.1, 0.15) is 12.7 Å². The predicted molar refractivity (Wildman–Crippen MR) is 105 cm³/mol. The minimum absolute atomic E-state index is 0. The molecule has 0 spiro atoms. The van der Waals surface area contributed by atoms with Gasteiger partial charge >= 0.3 is 0 Å². The third kappa shape index (κ3) is 5.41. The number of hydrogen-bond donors (Lipinski definition) is 2. The van der Waals surface area contributed by atoms with Crippen LogP contribution in [0.4, 0.5) is 0 Å². The summed E-state index contributed by atoms with van der Waals surface area (Å²) in [6, 6.07) is 7.75. The number of hydrogen-bond acceptors (Lipinski definition) is 4. The van der Waals surface area contributed by atoms with Gasteiger partial charge in [-0.1, -0.05) is 12.1 Å². The van der Waals surface area contributed by atoms with E-state index in [1.165, 1.54) is 0 Å². The van der Waals surface area contributed by atoms with Gasteiger partial charge in [0.05, 0.1) is 19.2 Å². The number of benzene rings is 1. The Kier molecular flexibility index (Phi) is 7.90. The van der Waals surface area contributed by atoms with E-state index < -0.39 is 0 Å². The van der Waals surface area contributed by atoms with E-state index in [2.05, 4.69) is 22.5 Å². The Morgan fingerprint density at radius 3 is 2.79 bits per heavy atom. The number of nitrogens with zero attached hydrogens (tertiary/aromatic N) is 1. The Balaban J connectivity index is 0.00000208. The van der Waals surface area contributed by atoms with Crippen molar-refractivity contribution >= 4 is 29.9 Å². The molecule has 1 fully saturated rings. The van der Waals surface area contributed by atoms with Gasteiger partial charge in [-0.2, -0.15) is 0 Å². The number of guanidine groups is 1. The lowest BCUT2D eigenvalue weighted by Gasteiger charge is -2.27. The van der Waals surface area contributed by atoms with Crippen molar-refractivity contribution in [3.8, 4) is 11.5 Å². The summed E-state index contributed by atoms with van der Waals surface area (Å²) in [6.45, 7) is 5.61. The Morgan fingerprint density at radius 1 is 1.21 bits per heavy atom. The lowest BCUT2D eigenvalue weighted by Crippen LogP contribution is -2.45. The minimum atomic E-state index is -0.0310. The second-order valence-electron chi connectivity index (χ2n) is 5.73. The lowest BCUT2D eigenvalue weighted by atomic mass is 10.2. The van der Waals surface area contributed by atoms with E-state index in [0.717, 1.165) is 43.5 Å². The number of aliphatic imine (C=N–C) groups is 1. The van der Waals surface area contributed by atoms with Crippen molar-refractivity contribution in [2.75, 3.05) is 32.8 Å². The zero-order valence-electron chi connectivity index (χ0n) is 14.0. The fourth-order valence-corrected chi connectivity index (χ4v) is 2.70. The average Bonchev–Trinajstić information content (AvgIpc) is 3.11. The van der Waals surface area contributed by atoms with Crippen molar-refractivity contribution in [2.24, 2.45) is 4.99 Å². The second-order valence-corrected chi connectivity index (χ2v) is 5.73. The lowest BCUT2D eigenvalue weighted by molar-refractivity contribution is 0.0935. The van der Waals surface area contributed by atoms with E-state index in [-0.39, 0.29) is 36.2 Å². The maximum Gasteiger partial charge on any atom is 0.191 e. The number of fused-ring (bicyclic) bond motifs is 1. The molecule has 24 heavy (non-hydrogen) atoms. The third-order valence-corrected chi connectivity index (χ3v) is 3.89. The van der Waals surface area contributed by atoms with Crippen LogP contribution in [-0.2, 0) is 4.74 Å². The summed E-state index contributed by atoms with van der Waals surface area (Å²) in [5.41, 5.74) is 0. The Labute approximate surface area is 160 Å². The number of para-hydroxylation sites is 2. The molecule has 134 valence electrons. The van der Waals surface area contributed by atoms with Gasteiger partial charge in [0, 0.05) is 13.2 Å². The Morgan fingerprint density at radius 2 is 2.04 bits per heavy atom. The molecule has 0 saturated carbocycles. The molecule has 1 aromatic carbocycles. The van der Waals surface area contributed by atoms with Gasteiger partial charge in [-0.3, -0.25) is 4.99 Å². The van der Waals surface area contributed by atoms with Crippen molar-refractivity contribution < 1.29 is 14.2 Å². The molecule has 7 heteroatoms. The molecule has 0 aliphatic carbocycles. The van der Waals surface area contributed by atoms with Crippen LogP contribution in [-0.4, -0.2) is 51.0 Å². The molecule has 1 saturated heterocycles. The van der Waals surface area contributed by atoms with Crippen LogP contribution < -0.4 is 20.1 Å². The molecule has 2 unspecified atom stereocenters. The van der Waals surface area contributed by atoms with Gasteiger partial charge in [0.2, 0.25) is 0 Å². The summed E-state index contributed by atoms with van der Waals surface area (Å²) in [5.74, 6) is 2.40. The van der Waals surface area contributed by atoms with Crippen LogP contribution >= 0.6 is 24.0 Å². The van der Waals surface area contributed by atoms with Crippen molar-refractivity contribution in [1.82, 2.24) is 10.6 Å². The highest BCUT2D eigenvalue weighted by Gasteiger charge is 2.21. The van der Waals surface area contributed by atoms with Gasteiger partial charge in [-0.05, 0) is 31.9 Å². The van der Waals surface area contributed by atoms with Crippen LogP contribution in [0.2, 0.25) is 0 Å². The maximum atomic E-state index is 5.94. The highest BCUT2D eigenvalue weighted by atomic mass is 127. The van der Waals surface area contributed by atoms with Crippen LogP contribution in [0.3, 0.4) is 0 Å². The molecule has 0 bridgehead atoms. The molecule has 0 radical (unpaired) electrons. The molecule has 2 atom stereocenters. The molecule has 2 heterocycles. The van der Waals surface area contributed by atoms with Crippen molar-refractivity contribution in [1.29, 1.82) is 0 Å². The zero-order chi connectivity index (χ0) is 15.9. The Hall–Kier alpha value is -1.22. The highest BCUT2D eigenvalue weighted by molar-refractivity contribution is 14.0. The average molecular weight is 447 g/mol. The summed E-state index contributed by atoms with van der Waals surface area (Å²) >= 11 is 0. The van der Waals surface area contributed by atoms with Crippen LogP contribution in [0.1, 0.15) is 19.8 Å². The molecular weight excluding hydrogens is 421 g/mol. The summed E-state index contributed by atoms with van der Waals surface area (Å²) < 4.78 is 17.3. The quantitative estimate of drug-likeness (QED) is 0.412. The number of ether oxygens (including phenoxy) is 3. The molecule has 2 N–H and O–H groups in total. The first-order chi connectivity index (χ1) is 11.3. The van der Waals surface area contributed by atoms with Crippen molar-refractivity contribution in [3.05, 3.63) is 24.3 Å². The molecular formula is C17H26IN3O3. The fourth-order valence-electron chi connectivity index (χ4n) is 2.70. The maximum absolute atomic E-state index is 5.94. The molecule has 2 aliphatic rings. The summed E-state index contributed by atoms with van der Waals surface area (Å²) in [7, 11) is 0. The van der Waals surface area contributed by atoms with E-state index in [0.29, 0.717) is 19.7 Å². The minimum Gasteiger partial charge on any atom is -0.486 e. The number of nitrogens with one attached hydrogen (secondary N) is 2. The SMILES string of the molecule is CCNC(=NCC1CCCO1)NCC1COc2ccccc2O1.I. The largest absolute Gasteiger partial charge is 0.486 e. The van der Waals surface area contributed by atoms with Crippen LogP contribution in [0, 0.1) is 0 Å². The van der Waals surface area contributed by atoms with Gasteiger partial charge in [-0.15, -0.1) is 24.0 Å². The van der Waals surface area contributed by atoms with Crippen LogP contribution in [0.15, 0.2) is 29.3 Å². The molecule has 6 nitrogen and oxygen atoms in total. The van der Waals surface area contributed by atoms with E-state index >= 15 is 0 Å². The summed E-state index contributed by atoms with van der Waals surface area (Å²) in [6.07, 6.45) is 2.46. The van der Waals surface area contributed by atoms with Gasteiger partial charge < -0.3 is 24.8 Å². The van der Waals surface area contributed by atoms with Gasteiger partial charge in [-0.25, -0.2) is 0 Å². The topological polar surface area (TPSA) is 64.1 Å². The normalized spacial score (nSPS) is 22.6. The second kappa shape index (κ2) is 9.93. The predicted octanol–water partition coefficient (Wildman–Crippen LogP) is 2.18. The Bertz CT molecular complexity index is 536. The molecule has 3 rings (SSSR count). The molecule has 0 aromatic heterocycles. The third-order valence-electron chi connectivity index (χ3n) is 3.89. The first-order valence-corrected chi connectivity index (χ1v) is 8.37. The standard InChI is InChI=1S/C17H25N3O3.HI/c1-2-18-17(19-10-13-6-5-9-21-13)20-11-14-12-22-15-7-3-4-8-16(15)23-14;/h3-4,7-8,13-14H,2,5-6,9-12H2,1H3,(H2,18,19,20);1H. The van der Waals surface area contributed by atoms with Crippen molar-refractivity contribution in [3.63, 3.8) is 0 Å². The monoisotopic (exact) mass is 447 g/mol.